The Morgan fingerprint density at radius 3 is 2.27 bits per heavy atom. The molecule has 170 valence electrons. The SMILES string of the molecule is C=CCn1c(CC(=O)Nc2ccc(Cl)cc2)nnc1SCC(=O)Nc1ccc([N+](=O)[O-])cc1. The maximum Gasteiger partial charge on any atom is 0.269 e. The van der Waals surface area contributed by atoms with Gasteiger partial charge >= 0.3 is 0 Å². The number of benzene rings is 2. The first-order valence-corrected chi connectivity index (χ1v) is 11.0. The van der Waals surface area contributed by atoms with Gasteiger partial charge in [0.25, 0.3) is 5.69 Å². The van der Waals surface area contributed by atoms with Crippen molar-refractivity contribution in [1.82, 2.24) is 14.8 Å². The van der Waals surface area contributed by atoms with E-state index in [-0.39, 0.29) is 29.7 Å². The fraction of sp³-hybridized carbons (Fsp3) is 0.143. The fourth-order valence-electron chi connectivity index (χ4n) is 2.74. The summed E-state index contributed by atoms with van der Waals surface area (Å²) in [6.45, 7) is 4.08. The van der Waals surface area contributed by atoms with Crippen LogP contribution < -0.4 is 10.6 Å². The maximum atomic E-state index is 12.4. The predicted molar refractivity (Wildman–Crippen MR) is 126 cm³/mol. The van der Waals surface area contributed by atoms with Gasteiger partial charge in [-0.2, -0.15) is 0 Å². The van der Waals surface area contributed by atoms with Gasteiger partial charge in [-0.1, -0.05) is 29.4 Å². The molecule has 0 unspecified atom stereocenters. The largest absolute Gasteiger partial charge is 0.326 e. The van der Waals surface area contributed by atoms with E-state index in [9.17, 15) is 19.7 Å². The monoisotopic (exact) mass is 486 g/mol. The van der Waals surface area contributed by atoms with E-state index in [1.807, 2.05) is 0 Å². The first-order valence-electron chi connectivity index (χ1n) is 9.61. The van der Waals surface area contributed by atoms with Crippen LogP contribution in [0.1, 0.15) is 5.82 Å². The number of nitro benzene ring substituents is 1. The number of rotatable bonds is 10. The van der Waals surface area contributed by atoms with Crippen molar-refractivity contribution < 1.29 is 14.5 Å². The first kappa shape index (κ1) is 24.0. The highest BCUT2D eigenvalue weighted by atomic mass is 35.5. The molecule has 2 N–H and O–H groups in total. The van der Waals surface area contributed by atoms with E-state index in [4.69, 9.17) is 11.6 Å². The number of amides is 2. The second-order valence-electron chi connectivity index (χ2n) is 6.67. The van der Waals surface area contributed by atoms with E-state index in [1.54, 1.807) is 34.9 Å². The highest BCUT2D eigenvalue weighted by Gasteiger charge is 2.16. The van der Waals surface area contributed by atoms with Crippen molar-refractivity contribution in [2.24, 2.45) is 0 Å². The Balaban J connectivity index is 1.59. The van der Waals surface area contributed by atoms with Gasteiger partial charge in [0.2, 0.25) is 11.8 Å². The third-order valence-electron chi connectivity index (χ3n) is 4.25. The number of carbonyl (C=O) groups is 2. The number of hydrogen-bond acceptors (Lipinski definition) is 7. The third kappa shape index (κ3) is 6.89. The van der Waals surface area contributed by atoms with Gasteiger partial charge in [0.1, 0.15) is 5.82 Å². The minimum Gasteiger partial charge on any atom is -0.326 e. The van der Waals surface area contributed by atoms with Crippen LogP contribution in [0.5, 0.6) is 0 Å². The molecule has 12 heteroatoms. The van der Waals surface area contributed by atoms with Gasteiger partial charge in [0, 0.05) is 35.1 Å². The number of anilines is 2. The Hall–Kier alpha value is -3.70. The number of hydrogen-bond donors (Lipinski definition) is 2. The number of non-ortho nitro benzene ring substituents is 1. The molecule has 0 aliphatic carbocycles. The topological polar surface area (TPSA) is 132 Å². The lowest BCUT2D eigenvalue weighted by Crippen LogP contribution is -2.18. The first-order chi connectivity index (χ1) is 15.9. The Morgan fingerprint density at radius 1 is 1.06 bits per heavy atom. The van der Waals surface area contributed by atoms with Crippen molar-refractivity contribution in [3.05, 3.63) is 82.1 Å². The van der Waals surface area contributed by atoms with Crippen LogP contribution in [0.15, 0.2) is 66.3 Å². The summed E-state index contributed by atoms with van der Waals surface area (Å²) >= 11 is 7.00. The minimum atomic E-state index is -0.513. The summed E-state index contributed by atoms with van der Waals surface area (Å²) in [5.74, 6) is -0.130. The summed E-state index contributed by atoms with van der Waals surface area (Å²) in [5, 5.41) is 25.4. The zero-order chi connectivity index (χ0) is 23.8. The van der Waals surface area contributed by atoms with Crippen molar-refractivity contribution >= 4 is 52.2 Å². The highest BCUT2D eigenvalue weighted by molar-refractivity contribution is 7.99. The summed E-state index contributed by atoms with van der Waals surface area (Å²) in [7, 11) is 0. The average Bonchev–Trinajstić information content (AvgIpc) is 3.15. The molecule has 2 aromatic carbocycles. The molecule has 0 aliphatic rings. The predicted octanol–water partition coefficient (Wildman–Crippen LogP) is 3.94. The van der Waals surface area contributed by atoms with E-state index < -0.39 is 4.92 Å². The molecule has 1 aromatic heterocycles. The fourth-order valence-corrected chi connectivity index (χ4v) is 3.64. The van der Waals surface area contributed by atoms with Crippen molar-refractivity contribution in [3.63, 3.8) is 0 Å². The van der Waals surface area contributed by atoms with Crippen molar-refractivity contribution in [3.8, 4) is 0 Å². The van der Waals surface area contributed by atoms with Crippen LogP contribution in [-0.2, 0) is 22.6 Å². The standard InChI is InChI=1S/C21H19ClN6O4S/c1-2-11-27-18(12-19(29)23-15-5-3-14(22)4-6-15)25-26-21(27)33-13-20(30)24-16-7-9-17(10-8-16)28(31)32/h2-10H,1,11-13H2,(H,23,29)(H,24,30). The zero-order valence-electron chi connectivity index (χ0n) is 17.2. The maximum absolute atomic E-state index is 12.4. The number of nitro groups is 1. The van der Waals surface area contributed by atoms with E-state index in [0.717, 1.165) is 11.8 Å². The molecule has 0 saturated carbocycles. The summed E-state index contributed by atoms with van der Waals surface area (Å²) in [4.78, 5) is 34.9. The molecule has 0 fully saturated rings. The minimum absolute atomic E-state index is 0.0149. The lowest BCUT2D eigenvalue weighted by Gasteiger charge is -2.09. The number of nitrogens with zero attached hydrogens (tertiary/aromatic N) is 4. The van der Waals surface area contributed by atoms with Crippen LogP contribution >= 0.6 is 23.4 Å². The molecule has 0 bridgehead atoms. The van der Waals surface area contributed by atoms with Gasteiger partial charge in [-0.05, 0) is 36.4 Å². The number of carbonyl (C=O) groups excluding carboxylic acids is 2. The lowest BCUT2D eigenvalue weighted by atomic mass is 10.3. The van der Waals surface area contributed by atoms with Crippen LogP contribution in [0.3, 0.4) is 0 Å². The van der Waals surface area contributed by atoms with E-state index in [1.165, 1.54) is 24.3 Å². The number of thioether (sulfide) groups is 1. The smallest absolute Gasteiger partial charge is 0.269 e. The molecule has 0 atom stereocenters. The van der Waals surface area contributed by atoms with Gasteiger partial charge in [-0.25, -0.2) is 0 Å². The Kier molecular flexibility index (Phi) is 8.17. The molecular formula is C21H19ClN6O4S. The van der Waals surface area contributed by atoms with Crippen LogP contribution in [0.4, 0.5) is 17.1 Å². The summed E-state index contributed by atoms with van der Waals surface area (Å²) < 4.78 is 1.71. The van der Waals surface area contributed by atoms with E-state index in [0.29, 0.717) is 33.9 Å². The number of nitrogens with one attached hydrogen (secondary N) is 2. The molecule has 0 radical (unpaired) electrons. The summed E-state index contributed by atoms with van der Waals surface area (Å²) in [6.07, 6.45) is 1.63. The van der Waals surface area contributed by atoms with Gasteiger partial charge in [-0.15, -0.1) is 16.8 Å². The van der Waals surface area contributed by atoms with Gasteiger partial charge in [0.05, 0.1) is 17.1 Å². The van der Waals surface area contributed by atoms with Crippen LogP contribution in [-0.4, -0.2) is 37.3 Å². The van der Waals surface area contributed by atoms with Crippen LogP contribution in [0.2, 0.25) is 5.02 Å². The second kappa shape index (κ2) is 11.2. The average molecular weight is 487 g/mol. The molecule has 10 nitrogen and oxygen atoms in total. The van der Waals surface area contributed by atoms with Gasteiger partial charge < -0.3 is 15.2 Å². The quantitative estimate of drug-likeness (QED) is 0.192. The van der Waals surface area contributed by atoms with Gasteiger partial charge in [-0.3, -0.25) is 19.7 Å². The van der Waals surface area contributed by atoms with Crippen LogP contribution in [0.25, 0.3) is 0 Å². The molecule has 3 aromatic rings. The van der Waals surface area contributed by atoms with Crippen molar-refractivity contribution in [2.75, 3.05) is 16.4 Å². The molecule has 33 heavy (non-hydrogen) atoms. The highest BCUT2D eigenvalue weighted by Crippen LogP contribution is 2.20. The number of allylic oxidation sites excluding steroid dienone is 1. The molecule has 3 rings (SSSR count). The second-order valence-corrected chi connectivity index (χ2v) is 8.05. The molecule has 0 saturated heterocycles. The van der Waals surface area contributed by atoms with E-state index >= 15 is 0 Å². The van der Waals surface area contributed by atoms with Crippen molar-refractivity contribution in [2.45, 2.75) is 18.1 Å². The van der Waals surface area contributed by atoms with Crippen LogP contribution in [0, 0.1) is 10.1 Å². The molecule has 2 amide bonds. The third-order valence-corrected chi connectivity index (χ3v) is 5.46. The van der Waals surface area contributed by atoms with Gasteiger partial charge in [0.15, 0.2) is 5.16 Å². The van der Waals surface area contributed by atoms with Crippen molar-refractivity contribution in [1.29, 1.82) is 0 Å². The van der Waals surface area contributed by atoms with E-state index in [2.05, 4.69) is 27.4 Å². The Morgan fingerprint density at radius 2 is 1.67 bits per heavy atom. The number of halogens is 1. The zero-order valence-corrected chi connectivity index (χ0v) is 18.8. The number of aromatic nitrogens is 3. The lowest BCUT2D eigenvalue weighted by molar-refractivity contribution is -0.384. The molecular weight excluding hydrogens is 468 g/mol. The summed E-state index contributed by atoms with van der Waals surface area (Å²) in [5.41, 5.74) is 0.988. The normalized spacial score (nSPS) is 10.5. The molecule has 0 spiro atoms. The molecule has 1 heterocycles. The summed E-state index contributed by atoms with van der Waals surface area (Å²) in [6, 6.07) is 12.3. The molecule has 0 aliphatic heterocycles. The Bertz CT molecular complexity index is 1160. The Labute approximate surface area is 198 Å².